The zero-order valence-electron chi connectivity index (χ0n) is 13.0. The lowest BCUT2D eigenvalue weighted by Gasteiger charge is -2.08. The number of carbonyl (C=O) groups is 2. The monoisotopic (exact) mass is 307 g/mol. The van der Waals surface area contributed by atoms with Gasteiger partial charge in [-0.25, -0.2) is 4.98 Å². The summed E-state index contributed by atoms with van der Waals surface area (Å²) in [7, 11) is 0. The molecule has 0 atom stereocenters. The maximum atomic E-state index is 12.3. The first-order valence-electron chi connectivity index (χ1n) is 7.37. The number of aromatic nitrogens is 2. The summed E-state index contributed by atoms with van der Waals surface area (Å²) in [6.07, 6.45) is 0. The van der Waals surface area contributed by atoms with E-state index in [0.29, 0.717) is 11.3 Å². The van der Waals surface area contributed by atoms with E-state index in [2.05, 4.69) is 10.3 Å². The third-order valence-corrected chi connectivity index (χ3v) is 3.72. The molecule has 2 aromatic carbocycles. The number of nitrogens with one attached hydrogen (secondary N) is 1. The highest BCUT2D eigenvalue weighted by atomic mass is 16.2. The van der Waals surface area contributed by atoms with E-state index in [1.807, 2.05) is 35.8 Å². The Morgan fingerprint density at radius 3 is 2.48 bits per heavy atom. The molecule has 0 bridgehead atoms. The van der Waals surface area contributed by atoms with Gasteiger partial charge in [0.05, 0.1) is 11.0 Å². The van der Waals surface area contributed by atoms with Crippen LogP contribution in [0.4, 0.5) is 5.69 Å². The fourth-order valence-electron chi connectivity index (χ4n) is 2.53. The number of imidazole rings is 1. The minimum atomic E-state index is -0.133. The van der Waals surface area contributed by atoms with Crippen molar-refractivity contribution in [2.45, 2.75) is 20.4 Å². The number of aryl methyl sites for hydroxylation is 1. The van der Waals surface area contributed by atoms with Crippen molar-refractivity contribution in [1.82, 2.24) is 9.55 Å². The summed E-state index contributed by atoms with van der Waals surface area (Å²) >= 11 is 0. The van der Waals surface area contributed by atoms with E-state index >= 15 is 0 Å². The maximum absolute atomic E-state index is 12.3. The highest BCUT2D eigenvalue weighted by Gasteiger charge is 2.11. The number of anilines is 1. The van der Waals surface area contributed by atoms with Crippen LogP contribution in [0.15, 0.2) is 48.5 Å². The van der Waals surface area contributed by atoms with E-state index in [-0.39, 0.29) is 18.2 Å². The van der Waals surface area contributed by atoms with E-state index in [1.165, 1.54) is 6.92 Å². The van der Waals surface area contributed by atoms with Gasteiger partial charge in [-0.1, -0.05) is 12.1 Å². The third kappa shape index (κ3) is 3.13. The molecule has 0 radical (unpaired) electrons. The Morgan fingerprint density at radius 1 is 1.09 bits per heavy atom. The number of rotatable bonds is 4. The highest BCUT2D eigenvalue weighted by molar-refractivity contribution is 5.95. The normalized spacial score (nSPS) is 10.7. The molecule has 23 heavy (non-hydrogen) atoms. The summed E-state index contributed by atoms with van der Waals surface area (Å²) in [6, 6.07) is 14.6. The average molecular weight is 307 g/mol. The first kappa shape index (κ1) is 15.0. The molecule has 3 rings (SSSR count). The molecule has 3 aromatic rings. The summed E-state index contributed by atoms with van der Waals surface area (Å²) in [5.41, 5.74) is 3.11. The largest absolute Gasteiger partial charge is 0.325 e. The Balaban J connectivity index is 1.76. The summed E-state index contributed by atoms with van der Waals surface area (Å²) in [5, 5.41) is 2.84. The summed E-state index contributed by atoms with van der Waals surface area (Å²) < 4.78 is 1.88. The number of hydrogen-bond acceptors (Lipinski definition) is 3. The lowest BCUT2D eigenvalue weighted by molar-refractivity contribution is -0.116. The number of nitrogens with zero attached hydrogens (tertiary/aromatic N) is 2. The van der Waals surface area contributed by atoms with E-state index < -0.39 is 0 Å². The fraction of sp³-hybridized carbons (Fsp3) is 0.167. The van der Waals surface area contributed by atoms with E-state index in [9.17, 15) is 9.59 Å². The van der Waals surface area contributed by atoms with Crippen LogP contribution in [0.25, 0.3) is 11.0 Å². The van der Waals surface area contributed by atoms with E-state index in [1.54, 1.807) is 24.3 Å². The molecule has 0 aliphatic heterocycles. The van der Waals surface area contributed by atoms with Crippen molar-refractivity contribution in [3.8, 4) is 0 Å². The minimum absolute atomic E-state index is 0.00314. The van der Waals surface area contributed by atoms with Crippen LogP contribution >= 0.6 is 0 Å². The van der Waals surface area contributed by atoms with Gasteiger partial charge in [0.15, 0.2) is 5.78 Å². The van der Waals surface area contributed by atoms with Gasteiger partial charge in [0.2, 0.25) is 5.91 Å². The minimum Gasteiger partial charge on any atom is -0.325 e. The molecular formula is C18H17N3O2. The quantitative estimate of drug-likeness (QED) is 0.753. The predicted molar refractivity (Wildman–Crippen MR) is 89.5 cm³/mol. The van der Waals surface area contributed by atoms with Crippen LogP contribution in [0.1, 0.15) is 23.1 Å². The zero-order valence-corrected chi connectivity index (χ0v) is 13.0. The number of Topliss-reactive ketones (excluding diaryl/α,β-unsaturated/α-hetero) is 1. The number of carbonyl (C=O) groups excluding carboxylic acids is 2. The van der Waals surface area contributed by atoms with Crippen molar-refractivity contribution < 1.29 is 9.59 Å². The van der Waals surface area contributed by atoms with Crippen LogP contribution in [-0.4, -0.2) is 21.2 Å². The smallest absolute Gasteiger partial charge is 0.244 e. The van der Waals surface area contributed by atoms with Gasteiger partial charge in [-0.2, -0.15) is 0 Å². The predicted octanol–water partition coefficient (Wildman–Crippen LogP) is 3.19. The summed E-state index contributed by atoms with van der Waals surface area (Å²) in [4.78, 5) is 28.0. The molecule has 0 unspecified atom stereocenters. The number of benzene rings is 2. The number of hydrogen-bond donors (Lipinski definition) is 1. The van der Waals surface area contributed by atoms with Crippen LogP contribution in [0.2, 0.25) is 0 Å². The van der Waals surface area contributed by atoms with Crippen LogP contribution in [0.5, 0.6) is 0 Å². The van der Waals surface area contributed by atoms with Crippen molar-refractivity contribution in [3.05, 3.63) is 59.9 Å². The maximum Gasteiger partial charge on any atom is 0.244 e. The standard InChI is InChI=1S/C18H17N3O2/c1-12(22)14-7-9-15(10-8-14)20-18(23)11-21-13(2)19-16-5-3-4-6-17(16)21/h3-10H,11H2,1-2H3,(H,20,23). The van der Waals surface area contributed by atoms with Gasteiger partial charge in [-0.3, -0.25) is 9.59 Å². The lowest BCUT2D eigenvalue weighted by Crippen LogP contribution is -2.19. The van der Waals surface area contributed by atoms with E-state index in [4.69, 9.17) is 0 Å². The van der Waals surface area contributed by atoms with Gasteiger partial charge >= 0.3 is 0 Å². The molecule has 5 heteroatoms. The zero-order chi connectivity index (χ0) is 16.4. The van der Waals surface area contributed by atoms with Gasteiger partial charge in [0.1, 0.15) is 12.4 Å². The van der Waals surface area contributed by atoms with Crippen LogP contribution in [0.3, 0.4) is 0 Å². The topological polar surface area (TPSA) is 64.0 Å². The molecule has 0 saturated carbocycles. The first-order chi connectivity index (χ1) is 11.0. The average Bonchev–Trinajstić information content (AvgIpc) is 2.84. The number of fused-ring (bicyclic) bond motifs is 1. The van der Waals surface area contributed by atoms with Crippen molar-refractivity contribution in [3.63, 3.8) is 0 Å². The Morgan fingerprint density at radius 2 is 1.78 bits per heavy atom. The second-order valence-electron chi connectivity index (χ2n) is 5.42. The number of ketones is 1. The SMILES string of the molecule is CC(=O)c1ccc(NC(=O)Cn2c(C)nc3ccccc32)cc1. The van der Waals surface area contributed by atoms with Crippen molar-refractivity contribution in [1.29, 1.82) is 0 Å². The second kappa shape index (κ2) is 6.04. The lowest BCUT2D eigenvalue weighted by atomic mass is 10.1. The van der Waals surface area contributed by atoms with Gasteiger partial charge < -0.3 is 9.88 Å². The second-order valence-corrected chi connectivity index (χ2v) is 5.42. The fourth-order valence-corrected chi connectivity index (χ4v) is 2.53. The Labute approximate surface area is 134 Å². The molecule has 1 aromatic heterocycles. The van der Waals surface area contributed by atoms with Crippen molar-refractivity contribution in [2.24, 2.45) is 0 Å². The molecule has 5 nitrogen and oxygen atoms in total. The first-order valence-corrected chi connectivity index (χ1v) is 7.37. The molecule has 1 amide bonds. The van der Waals surface area contributed by atoms with Crippen molar-refractivity contribution in [2.75, 3.05) is 5.32 Å². The molecule has 0 saturated heterocycles. The molecule has 0 spiro atoms. The Kier molecular flexibility index (Phi) is 3.93. The summed E-state index contributed by atoms with van der Waals surface area (Å²) in [5.74, 6) is 0.670. The van der Waals surface area contributed by atoms with Gasteiger partial charge in [0.25, 0.3) is 0 Å². The Hall–Kier alpha value is -2.95. The van der Waals surface area contributed by atoms with Crippen molar-refractivity contribution >= 4 is 28.4 Å². The molecule has 0 fully saturated rings. The third-order valence-electron chi connectivity index (χ3n) is 3.72. The van der Waals surface area contributed by atoms with Gasteiger partial charge in [0, 0.05) is 11.3 Å². The molecular weight excluding hydrogens is 290 g/mol. The van der Waals surface area contributed by atoms with Gasteiger partial charge in [-0.15, -0.1) is 0 Å². The highest BCUT2D eigenvalue weighted by Crippen LogP contribution is 2.16. The molecule has 116 valence electrons. The molecule has 0 aliphatic rings. The number of amides is 1. The van der Waals surface area contributed by atoms with Crippen LogP contribution in [0, 0.1) is 6.92 Å². The van der Waals surface area contributed by atoms with Gasteiger partial charge in [-0.05, 0) is 50.2 Å². The Bertz CT molecular complexity index is 879. The molecule has 1 heterocycles. The molecule has 0 aliphatic carbocycles. The summed E-state index contributed by atoms with van der Waals surface area (Å²) in [6.45, 7) is 3.59. The van der Waals surface area contributed by atoms with Crippen LogP contribution < -0.4 is 5.32 Å². The molecule has 1 N–H and O–H groups in total. The number of para-hydroxylation sites is 2. The van der Waals surface area contributed by atoms with Crippen LogP contribution in [-0.2, 0) is 11.3 Å². The van der Waals surface area contributed by atoms with E-state index in [0.717, 1.165) is 16.9 Å².